The molecule has 2 unspecified atom stereocenters. The molecule has 2 aromatic rings. The quantitative estimate of drug-likeness (QED) is 0.275. The minimum atomic E-state index is -0.755. The van der Waals surface area contributed by atoms with Crippen LogP contribution in [0.3, 0.4) is 0 Å². The second-order valence-corrected chi connectivity index (χ2v) is 8.75. The molecule has 0 aliphatic carbocycles. The Balaban J connectivity index is 1.66. The molecule has 0 spiro atoms. The van der Waals surface area contributed by atoms with Crippen LogP contribution in [0.5, 0.6) is 11.5 Å². The lowest BCUT2D eigenvalue weighted by atomic mass is 9.92. The van der Waals surface area contributed by atoms with E-state index in [1.54, 1.807) is 7.11 Å². The zero-order valence-corrected chi connectivity index (χ0v) is 20.4. The summed E-state index contributed by atoms with van der Waals surface area (Å²) in [6.45, 7) is 2.54. The number of carboxylic acid groups (broad SMARTS) is 2. The Kier molecular flexibility index (Phi) is 12.0. The zero-order chi connectivity index (χ0) is 24.8. The molecule has 2 rings (SSSR count). The average Bonchev–Trinajstić information content (AvgIpc) is 2.83. The molecule has 2 aromatic carbocycles. The fourth-order valence-corrected chi connectivity index (χ4v) is 4.16. The highest BCUT2D eigenvalue weighted by Gasteiger charge is 2.19. The minimum Gasteiger partial charge on any atom is -0.497 e. The molecule has 0 aromatic heterocycles. The molecule has 0 bridgehead atoms. The number of carboxylic acids is 2. The molecule has 186 valence electrons. The van der Waals surface area contributed by atoms with Crippen molar-refractivity contribution < 1.29 is 29.3 Å². The van der Waals surface area contributed by atoms with Gasteiger partial charge in [0.05, 0.1) is 25.6 Å². The summed E-state index contributed by atoms with van der Waals surface area (Å²) in [5, 5.41) is 19.2. The van der Waals surface area contributed by atoms with Crippen LogP contribution in [0, 0.1) is 11.8 Å². The Morgan fingerprint density at radius 1 is 0.706 bits per heavy atom. The molecule has 2 atom stereocenters. The number of aliphatic carboxylic acids is 2. The Bertz CT molecular complexity index is 859. The Morgan fingerprint density at radius 2 is 1.12 bits per heavy atom. The number of methoxy groups -OCH3 is 1. The lowest BCUT2D eigenvalue weighted by Gasteiger charge is -2.14. The molecule has 0 amide bonds. The van der Waals surface area contributed by atoms with E-state index >= 15 is 0 Å². The van der Waals surface area contributed by atoms with Gasteiger partial charge < -0.3 is 19.7 Å². The minimum absolute atomic E-state index is 0.390. The van der Waals surface area contributed by atoms with Crippen LogP contribution in [0.25, 0.3) is 0 Å². The number of rotatable bonds is 17. The SMILES string of the molecule is CCOc1ccc(CC(CCCCCCCC(Cc2ccc(OC)cc2)C(=O)O)C(=O)O)cc1. The molecule has 0 radical (unpaired) electrons. The summed E-state index contributed by atoms with van der Waals surface area (Å²) in [6.07, 6.45) is 6.98. The van der Waals surface area contributed by atoms with Gasteiger partial charge in [-0.05, 0) is 68.0 Å². The van der Waals surface area contributed by atoms with E-state index in [4.69, 9.17) is 9.47 Å². The summed E-state index contributed by atoms with van der Waals surface area (Å²) in [7, 11) is 1.61. The molecule has 0 heterocycles. The standard InChI is InChI=1S/C28H38O6/c1-3-34-26-17-13-22(14-18-26)20-24(28(31)32)10-8-6-4-5-7-9-23(27(29)30)19-21-11-15-25(33-2)16-12-21/h11-18,23-24H,3-10,19-20H2,1-2H3,(H,29,30)(H,31,32). The number of unbranched alkanes of at least 4 members (excludes halogenated alkanes) is 4. The number of ether oxygens (including phenoxy) is 2. The van der Waals surface area contributed by atoms with Crippen molar-refractivity contribution in [1.82, 2.24) is 0 Å². The van der Waals surface area contributed by atoms with E-state index in [0.717, 1.165) is 54.7 Å². The van der Waals surface area contributed by atoms with Crippen molar-refractivity contribution in [3.63, 3.8) is 0 Å². The number of hydrogen-bond acceptors (Lipinski definition) is 4. The lowest BCUT2D eigenvalue weighted by Crippen LogP contribution is -2.16. The molecule has 6 heteroatoms. The van der Waals surface area contributed by atoms with Crippen LogP contribution in [-0.4, -0.2) is 35.9 Å². The first kappa shape index (κ1) is 27.2. The summed E-state index contributed by atoms with van der Waals surface area (Å²) < 4.78 is 10.6. The van der Waals surface area contributed by atoms with E-state index in [-0.39, 0.29) is 11.8 Å². The van der Waals surface area contributed by atoms with Gasteiger partial charge in [-0.1, -0.05) is 56.4 Å². The largest absolute Gasteiger partial charge is 0.497 e. The van der Waals surface area contributed by atoms with Crippen LogP contribution < -0.4 is 9.47 Å². The van der Waals surface area contributed by atoms with Crippen molar-refractivity contribution in [3.05, 3.63) is 59.7 Å². The maximum absolute atomic E-state index is 11.7. The predicted octanol–water partition coefficient (Wildman–Crippen LogP) is 6.01. The van der Waals surface area contributed by atoms with Crippen LogP contribution in [0.4, 0.5) is 0 Å². The molecule has 6 nitrogen and oxygen atoms in total. The van der Waals surface area contributed by atoms with Crippen molar-refractivity contribution in [2.24, 2.45) is 11.8 Å². The van der Waals surface area contributed by atoms with E-state index in [2.05, 4.69) is 0 Å². The first-order chi connectivity index (χ1) is 16.4. The van der Waals surface area contributed by atoms with Crippen molar-refractivity contribution in [2.45, 2.75) is 64.7 Å². The van der Waals surface area contributed by atoms with Crippen LogP contribution in [-0.2, 0) is 22.4 Å². The molecular weight excluding hydrogens is 432 g/mol. The van der Waals surface area contributed by atoms with Crippen molar-refractivity contribution in [1.29, 1.82) is 0 Å². The fraction of sp³-hybridized carbons (Fsp3) is 0.500. The monoisotopic (exact) mass is 470 g/mol. The van der Waals surface area contributed by atoms with Gasteiger partial charge in [0.1, 0.15) is 11.5 Å². The second kappa shape index (κ2) is 15.0. The van der Waals surface area contributed by atoms with E-state index < -0.39 is 11.9 Å². The van der Waals surface area contributed by atoms with Gasteiger partial charge in [0.15, 0.2) is 0 Å². The van der Waals surface area contributed by atoms with E-state index in [1.165, 1.54) is 0 Å². The van der Waals surface area contributed by atoms with Gasteiger partial charge in [0.25, 0.3) is 0 Å². The van der Waals surface area contributed by atoms with E-state index in [9.17, 15) is 19.8 Å². The van der Waals surface area contributed by atoms with Gasteiger partial charge in [-0.2, -0.15) is 0 Å². The maximum Gasteiger partial charge on any atom is 0.306 e. The highest BCUT2D eigenvalue weighted by molar-refractivity contribution is 5.70. The molecular formula is C28H38O6. The maximum atomic E-state index is 11.7. The topological polar surface area (TPSA) is 93.1 Å². The van der Waals surface area contributed by atoms with Gasteiger partial charge >= 0.3 is 11.9 Å². The van der Waals surface area contributed by atoms with Crippen LogP contribution in [0.15, 0.2) is 48.5 Å². The first-order valence-electron chi connectivity index (χ1n) is 12.2. The van der Waals surface area contributed by atoms with Crippen LogP contribution in [0.2, 0.25) is 0 Å². The number of carbonyl (C=O) groups is 2. The Morgan fingerprint density at radius 3 is 1.50 bits per heavy atom. The van der Waals surface area contributed by atoms with Crippen LogP contribution in [0.1, 0.15) is 63.0 Å². The lowest BCUT2D eigenvalue weighted by molar-refractivity contribution is -0.142. The number of benzene rings is 2. The first-order valence-corrected chi connectivity index (χ1v) is 12.2. The normalized spacial score (nSPS) is 12.6. The highest BCUT2D eigenvalue weighted by atomic mass is 16.5. The van der Waals surface area contributed by atoms with Crippen molar-refractivity contribution in [2.75, 3.05) is 13.7 Å². The molecule has 0 aliphatic heterocycles. The predicted molar refractivity (Wildman–Crippen MR) is 133 cm³/mol. The van der Waals surface area contributed by atoms with Gasteiger partial charge in [-0.3, -0.25) is 9.59 Å². The summed E-state index contributed by atoms with van der Waals surface area (Å²) in [4.78, 5) is 23.3. The van der Waals surface area contributed by atoms with E-state index in [0.29, 0.717) is 32.3 Å². The molecule has 0 aliphatic rings. The molecule has 0 fully saturated rings. The third-order valence-corrected chi connectivity index (χ3v) is 6.16. The molecule has 34 heavy (non-hydrogen) atoms. The van der Waals surface area contributed by atoms with Gasteiger partial charge in [0.2, 0.25) is 0 Å². The van der Waals surface area contributed by atoms with Crippen molar-refractivity contribution in [3.8, 4) is 11.5 Å². The summed E-state index contributed by atoms with van der Waals surface area (Å²) in [6, 6.07) is 15.2. The smallest absolute Gasteiger partial charge is 0.306 e. The van der Waals surface area contributed by atoms with Gasteiger partial charge in [-0.25, -0.2) is 0 Å². The van der Waals surface area contributed by atoms with Crippen molar-refractivity contribution >= 4 is 11.9 Å². The Hall–Kier alpha value is -3.02. The van der Waals surface area contributed by atoms with Crippen LogP contribution >= 0.6 is 0 Å². The van der Waals surface area contributed by atoms with Gasteiger partial charge in [-0.15, -0.1) is 0 Å². The molecule has 0 saturated carbocycles. The van der Waals surface area contributed by atoms with Gasteiger partial charge in [0, 0.05) is 0 Å². The highest BCUT2D eigenvalue weighted by Crippen LogP contribution is 2.22. The number of hydrogen-bond donors (Lipinski definition) is 2. The second-order valence-electron chi connectivity index (χ2n) is 8.75. The summed E-state index contributed by atoms with van der Waals surface area (Å²) in [5.41, 5.74) is 2.01. The third-order valence-electron chi connectivity index (χ3n) is 6.16. The zero-order valence-electron chi connectivity index (χ0n) is 20.4. The van der Waals surface area contributed by atoms with E-state index in [1.807, 2.05) is 55.5 Å². The summed E-state index contributed by atoms with van der Waals surface area (Å²) >= 11 is 0. The molecule has 2 N–H and O–H groups in total. The summed E-state index contributed by atoms with van der Waals surface area (Å²) in [5.74, 6) is -0.726. The fourth-order valence-electron chi connectivity index (χ4n) is 4.16. The third kappa shape index (κ3) is 9.86. The average molecular weight is 471 g/mol. The Labute approximate surface area is 202 Å². The molecule has 0 saturated heterocycles.